The van der Waals surface area contributed by atoms with Gasteiger partial charge in [-0.15, -0.1) is 0 Å². The lowest BCUT2D eigenvalue weighted by atomic mass is 10.1. The molecule has 2 aliphatic heterocycles. The van der Waals surface area contributed by atoms with E-state index in [9.17, 15) is 14.5 Å². The summed E-state index contributed by atoms with van der Waals surface area (Å²) in [5.41, 5.74) is 0. The van der Waals surface area contributed by atoms with Crippen LogP contribution >= 0.6 is 7.82 Å². The molecule has 5 atom stereocenters. The number of carbonyl (C=O) groups is 1. The Morgan fingerprint density at radius 2 is 1.58 bits per heavy atom. The Hall–Kier alpha value is -0.800. The van der Waals surface area contributed by atoms with E-state index in [1.165, 1.54) is 0 Å². The van der Waals surface area contributed by atoms with Crippen LogP contribution in [0.5, 0.6) is 0 Å². The Labute approximate surface area is 184 Å². The Morgan fingerprint density at radius 1 is 0.968 bits per heavy atom. The van der Waals surface area contributed by atoms with Crippen LogP contribution in [-0.4, -0.2) is 64.6 Å². The van der Waals surface area contributed by atoms with Gasteiger partial charge in [-0.25, -0.2) is 4.57 Å². The highest BCUT2D eigenvalue weighted by atomic mass is 31.2. The molecule has 10 heteroatoms. The zero-order valence-electron chi connectivity index (χ0n) is 18.3. The molecule has 0 aromatic carbocycles. The summed E-state index contributed by atoms with van der Waals surface area (Å²) in [6.07, 6.45) is 14.2. The molecule has 0 aromatic rings. The van der Waals surface area contributed by atoms with Crippen LogP contribution in [0.4, 0.5) is 0 Å². The Kier molecular flexibility index (Phi) is 11.7. The predicted octanol–water partition coefficient (Wildman–Crippen LogP) is 3.01. The van der Waals surface area contributed by atoms with E-state index in [2.05, 4.69) is 23.6 Å². The molecule has 0 saturated carbocycles. The number of aliphatic hydroxyl groups excluding tert-OH is 1. The summed E-state index contributed by atoms with van der Waals surface area (Å²) in [5, 5.41) is 9.44. The second-order valence-corrected chi connectivity index (χ2v) is 9.45. The zero-order valence-corrected chi connectivity index (χ0v) is 19.2. The van der Waals surface area contributed by atoms with Gasteiger partial charge in [-0.05, 0) is 32.1 Å². The van der Waals surface area contributed by atoms with Gasteiger partial charge in [0.2, 0.25) is 0 Å². The molecule has 0 bridgehead atoms. The molecule has 0 spiro atoms. The van der Waals surface area contributed by atoms with Crippen molar-refractivity contribution in [3.8, 4) is 0 Å². The SMILES string of the molecule is CCC1OC1C/C=C\CC1OC1CCCCCCCC(=O)OCC(O)COP(=O)(O)O. The molecule has 0 radical (unpaired) electrons. The smallest absolute Gasteiger partial charge is 0.463 e. The molecule has 0 aromatic heterocycles. The lowest BCUT2D eigenvalue weighted by Crippen LogP contribution is -2.23. The van der Waals surface area contributed by atoms with Crippen LogP contribution in [0.15, 0.2) is 12.2 Å². The van der Waals surface area contributed by atoms with Gasteiger partial charge < -0.3 is 29.1 Å². The highest BCUT2D eigenvalue weighted by Crippen LogP contribution is 2.35. The fourth-order valence-electron chi connectivity index (χ4n) is 3.48. The van der Waals surface area contributed by atoms with Crippen molar-refractivity contribution in [3.05, 3.63) is 12.2 Å². The van der Waals surface area contributed by atoms with Gasteiger partial charge in [-0.3, -0.25) is 9.32 Å². The molecule has 31 heavy (non-hydrogen) atoms. The summed E-state index contributed by atoms with van der Waals surface area (Å²) in [6.45, 7) is 1.22. The first-order chi connectivity index (χ1) is 14.8. The predicted molar refractivity (Wildman–Crippen MR) is 113 cm³/mol. The molecule has 3 N–H and O–H groups in total. The maximum Gasteiger partial charge on any atom is 0.469 e. The lowest BCUT2D eigenvalue weighted by molar-refractivity contribution is -0.147. The molecular formula is C21H37O9P. The first-order valence-electron chi connectivity index (χ1n) is 11.3. The lowest BCUT2D eigenvalue weighted by Gasteiger charge is -2.12. The van der Waals surface area contributed by atoms with Crippen molar-refractivity contribution in [1.29, 1.82) is 0 Å². The van der Waals surface area contributed by atoms with E-state index in [4.69, 9.17) is 24.0 Å². The third-order valence-corrected chi connectivity index (χ3v) is 5.91. The van der Waals surface area contributed by atoms with E-state index < -0.39 is 26.5 Å². The minimum atomic E-state index is -4.63. The van der Waals surface area contributed by atoms with Crippen LogP contribution in [0.25, 0.3) is 0 Å². The number of unbranched alkanes of at least 4 members (excludes halogenated alkanes) is 4. The topological polar surface area (TPSA) is 138 Å². The van der Waals surface area contributed by atoms with Gasteiger partial charge >= 0.3 is 13.8 Å². The largest absolute Gasteiger partial charge is 0.469 e. The fraction of sp³-hybridized carbons (Fsp3) is 0.857. The van der Waals surface area contributed by atoms with E-state index in [0.29, 0.717) is 30.8 Å². The van der Waals surface area contributed by atoms with Crippen LogP contribution in [0.1, 0.15) is 71.1 Å². The summed E-state index contributed by atoms with van der Waals surface area (Å²) in [6, 6.07) is 0. The number of hydrogen-bond acceptors (Lipinski definition) is 7. The molecule has 5 unspecified atom stereocenters. The number of aliphatic hydroxyl groups is 1. The molecule has 2 heterocycles. The minimum Gasteiger partial charge on any atom is -0.463 e. The van der Waals surface area contributed by atoms with Gasteiger partial charge in [0.05, 0.1) is 31.0 Å². The molecule has 9 nitrogen and oxygen atoms in total. The van der Waals surface area contributed by atoms with Crippen LogP contribution in [-0.2, 0) is 28.1 Å². The molecule has 0 aliphatic carbocycles. The highest BCUT2D eigenvalue weighted by molar-refractivity contribution is 7.46. The molecule has 2 saturated heterocycles. The highest BCUT2D eigenvalue weighted by Gasteiger charge is 2.37. The average molecular weight is 464 g/mol. The molecule has 2 fully saturated rings. The van der Waals surface area contributed by atoms with Gasteiger partial charge in [-0.1, -0.05) is 44.8 Å². The minimum absolute atomic E-state index is 0.261. The van der Waals surface area contributed by atoms with E-state index in [-0.39, 0.29) is 13.0 Å². The average Bonchev–Trinajstić information content (AvgIpc) is 3.63. The molecular weight excluding hydrogens is 427 g/mol. The standard InChI is InChI=1S/C21H37O9P/c1-2-17-18(29-17)11-8-9-12-20-19(30-20)10-6-4-3-5-7-13-21(23)27-14-16(22)15-28-31(24,25)26/h8-9,16-20,22H,2-7,10-15H2,1H3,(H2,24,25,26)/b9-8-. The van der Waals surface area contributed by atoms with Crippen molar-refractivity contribution >= 4 is 13.8 Å². The summed E-state index contributed by atoms with van der Waals surface area (Å²) in [5.74, 6) is -0.434. The van der Waals surface area contributed by atoms with Crippen molar-refractivity contribution in [2.24, 2.45) is 0 Å². The van der Waals surface area contributed by atoms with Crippen molar-refractivity contribution in [2.45, 2.75) is 102 Å². The number of phosphoric acid groups is 1. The Morgan fingerprint density at radius 3 is 2.23 bits per heavy atom. The summed E-state index contributed by atoms with van der Waals surface area (Å²) in [4.78, 5) is 28.7. The monoisotopic (exact) mass is 464 g/mol. The van der Waals surface area contributed by atoms with Crippen molar-refractivity contribution in [1.82, 2.24) is 0 Å². The van der Waals surface area contributed by atoms with Crippen molar-refractivity contribution < 1.29 is 43.0 Å². The van der Waals surface area contributed by atoms with Crippen LogP contribution in [0, 0.1) is 0 Å². The second-order valence-electron chi connectivity index (χ2n) is 8.21. The van der Waals surface area contributed by atoms with Gasteiger partial charge in [0.15, 0.2) is 0 Å². The summed E-state index contributed by atoms with van der Waals surface area (Å²) < 4.78 is 30.7. The van der Waals surface area contributed by atoms with Crippen LogP contribution in [0.3, 0.4) is 0 Å². The molecule has 2 aliphatic rings. The van der Waals surface area contributed by atoms with Gasteiger partial charge in [0.1, 0.15) is 12.7 Å². The third-order valence-electron chi connectivity index (χ3n) is 5.42. The van der Waals surface area contributed by atoms with E-state index in [1.807, 2.05) is 0 Å². The number of esters is 1. The molecule has 0 amide bonds. The van der Waals surface area contributed by atoms with E-state index >= 15 is 0 Å². The maximum absolute atomic E-state index is 11.6. The van der Waals surface area contributed by atoms with Gasteiger partial charge in [0.25, 0.3) is 0 Å². The quantitative estimate of drug-likeness (QED) is 0.0918. The second kappa shape index (κ2) is 13.7. The number of hydrogen-bond donors (Lipinski definition) is 3. The number of carbonyl (C=O) groups excluding carboxylic acids is 1. The fourth-order valence-corrected chi connectivity index (χ4v) is 3.85. The normalized spacial score (nSPS) is 26.2. The van der Waals surface area contributed by atoms with E-state index in [0.717, 1.165) is 51.4 Å². The van der Waals surface area contributed by atoms with Crippen molar-refractivity contribution in [2.75, 3.05) is 13.2 Å². The maximum atomic E-state index is 11.6. The van der Waals surface area contributed by atoms with Crippen molar-refractivity contribution in [3.63, 3.8) is 0 Å². The summed E-state index contributed by atoms with van der Waals surface area (Å²) in [7, 11) is -4.63. The molecule has 180 valence electrons. The number of epoxide rings is 2. The van der Waals surface area contributed by atoms with Crippen LogP contribution < -0.4 is 0 Å². The Balaban J connectivity index is 1.34. The molecule has 2 rings (SSSR count). The number of rotatable bonds is 18. The van der Waals surface area contributed by atoms with Gasteiger partial charge in [-0.2, -0.15) is 0 Å². The first kappa shape index (κ1) is 26.5. The number of phosphoric ester groups is 1. The van der Waals surface area contributed by atoms with E-state index in [1.54, 1.807) is 0 Å². The van der Waals surface area contributed by atoms with Crippen LogP contribution in [0.2, 0.25) is 0 Å². The van der Waals surface area contributed by atoms with Gasteiger partial charge in [0, 0.05) is 6.42 Å². The Bertz CT molecular complexity index is 606. The number of ether oxygens (including phenoxy) is 3. The first-order valence-corrected chi connectivity index (χ1v) is 12.8. The zero-order chi connectivity index (χ0) is 22.7. The summed E-state index contributed by atoms with van der Waals surface area (Å²) >= 11 is 0. The third kappa shape index (κ3) is 12.7.